The maximum atomic E-state index is 11.7. The van der Waals surface area contributed by atoms with Crippen LogP contribution in [0.25, 0.3) is 0 Å². The molecule has 18 heavy (non-hydrogen) atoms. The van der Waals surface area contributed by atoms with E-state index >= 15 is 0 Å². The molecule has 1 aromatic heterocycles. The Morgan fingerprint density at radius 1 is 1.39 bits per heavy atom. The SMILES string of the molecule is Cc1nc(C(=O)NCCc2ccc(O)cc2)cs1. The van der Waals surface area contributed by atoms with Crippen LogP contribution in [0.2, 0.25) is 0 Å². The third-order valence-corrected chi connectivity index (χ3v) is 3.26. The van der Waals surface area contributed by atoms with E-state index in [2.05, 4.69) is 10.3 Å². The average molecular weight is 262 g/mol. The molecule has 2 rings (SSSR count). The normalized spacial score (nSPS) is 10.3. The second kappa shape index (κ2) is 5.64. The van der Waals surface area contributed by atoms with Gasteiger partial charge in [0.25, 0.3) is 5.91 Å². The number of amides is 1. The number of aromatic hydroxyl groups is 1. The lowest BCUT2D eigenvalue weighted by atomic mass is 10.1. The van der Waals surface area contributed by atoms with E-state index in [0.717, 1.165) is 17.0 Å². The van der Waals surface area contributed by atoms with Crippen LogP contribution >= 0.6 is 11.3 Å². The number of carbonyl (C=O) groups excluding carboxylic acids is 1. The maximum absolute atomic E-state index is 11.7. The second-order valence-electron chi connectivity index (χ2n) is 3.92. The molecule has 0 aliphatic rings. The van der Waals surface area contributed by atoms with Gasteiger partial charge in [-0.2, -0.15) is 0 Å². The van der Waals surface area contributed by atoms with Gasteiger partial charge in [0.1, 0.15) is 11.4 Å². The minimum atomic E-state index is -0.141. The van der Waals surface area contributed by atoms with Gasteiger partial charge in [0.05, 0.1) is 5.01 Å². The standard InChI is InChI=1S/C13H14N2O2S/c1-9-15-12(8-18-9)13(17)14-7-6-10-2-4-11(16)5-3-10/h2-5,8,16H,6-7H2,1H3,(H,14,17). The van der Waals surface area contributed by atoms with Gasteiger partial charge in [0.2, 0.25) is 0 Å². The summed E-state index contributed by atoms with van der Waals surface area (Å²) in [6.45, 7) is 2.43. The van der Waals surface area contributed by atoms with Crippen molar-refractivity contribution in [2.45, 2.75) is 13.3 Å². The van der Waals surface area contributed by atoms with E-state index in [4.69, 9.17) is 5.11 Å². The van der Waals surface area contributed by atoms with E-state index in [0.29, 0.717) is 12.2 Å². The first-order valence-electron chi connectivity index (χ1n) is 5.63. The molecule has 0 unspecified atom stereocenters. The van der Waals surface area contributed by atoms with Crippen LogP contribution in [0, 0.1) is 6.92 Å². The quantitative estimate of drug-likeness (QED) is 0.887. The molecule has 0 saturated heterocycles. The Morgan fingerprint density at radius 2 is 2.11 bits per heavy atom. The van der Waals surface area contributed by atoms with Crippen molar-refractivity contribution < 1.29 is 9.90 Å². The Kier molecular flexibility index (Phi) is 3.94. The van der Waals surface area contributed by atoms with Crippen LogP contribution < -0.4 is 5.32 Å². The average Bonchev–Trinajstić information content (AvgIpc) is 2.78. The first kappa shape index (κ1) is 12.6. The van der Waals surface area contributed by atoms with E-state index in [1.807, 2.05) is 19.1 Å². The predicted molar refractivity (Wildman–Crippen MR) is 71.0 cm³/mol. The smallest absolute Gasteiger partial charge is 0.270 e. The van der Waals surface area contributed by atoms with E-state index in [1.54, 1.807) is 17.5 Å². The molecule has 2 aromatic rings. The third-order valence-electron chi connectivity index (χ3n) is 2.49. The highest BCUT2D eigenvalue weighted by Crippen LogP contribution is 2.10. The first-order valence-corrected chi connectivity index (χ1v) is 6.51. The van der Waals surface area contributed by atoms with Crippen molar-refractivity contribution in [2.75, 3.05) is 6.54 Å². The molecule has 0 saturated carbocycles. The molecule has 0 spiro atoms. The van der Waals surface area contributed by atoms with Crippen LogP contribution in [0.15, 0.2) is 29.6 Å². The van der Waals surface area contributed by atoms with Crippen molar-refractivity contribution in [1.29, 1.82) is 0 Å². The van der Waals surface area contributed by atoms with E-state index < -0.39 is 0 Å². The second-order valence-corrected chi connectivity index (χ2v) is 4.99. The van der Waals surface area contributed by atoms with Crippen LogP contribution in [0.4, 0.5) is 0 Å². The summed E-state index contributed by atoms with van der Waals surface area (Å²) >= 11 is 1.46. The molecule has 1 heterocycles. The number of hydrogen-bond acceptors (Lipinski definition) is 4. The van der Waals surface area contributed by atoms with Crippen LogP contribution in [-0.2, 0) is 6.42 Å². The number of benzene rings is 1. The summed E-state index contributed by atoms with van der Waals surface area (Å²) in [6, 6.07) is 6.96. The van der Waals surface area contributed by atoms with Crippen molar-refractivity contribution in [3.05, 3.63) is 45.9 Å². The van der Waals surface area contributed by atoms with Gasteiger partial charge in [-0.05, 0) is 31.0 Å². The highest BCUT2D eigenvalue weighted by Gasteiger charge is 2.08. The van der Waals surface area contributed by atoms with Crippen LogP contribution in [0.1, 0.15) is 21.1 Å². The summed E-state index contributed by atoms with van der Waals surface area (Å²) in [6.07, 6.45) is 0.731. The van der Waals surface area contributed by atoms with Gasteiger partial charge in [-0.3, -0.25) is 4.79 Å². The minimum absolute atomic E-state index is 0.141. The van der Waals surface area contributed by atoms with Crippen LogP contribution in [0.5, 0.6) is 5.75 Å². The molecule has 1 aromatic carbocycles. The van der Waals surface area contributed by atoms with E-state index in [1.165, 1.54) is 11.3 Å². The molecule has 5 heteroatoms. The Bertz CT molecular complexity index is 534. The zero-order valence-electron chi connectivity index (χ0n) is 10.0. The highest BCUT2D eigenvalue weighted by molar-refractivity contribution is 7.09. The molecule has 0 radical (unpaired) electrons. The monoisotopic (exact) mass is 262 g/mol. The fraction of sp³-hybridized carbons (Fsp3) is 0.231. The summed E-state index contributed by atoms with van der Waals surface area (Å²) in [5, 5.41) is 14.6. The number of phenolic OH excluding ortho intramolecular Hbond substituents is 1. The summed E-state index contributed by atoms with van der Waals surface area (Å²) in [5.41, 5.74) is 1.55. The Labute approximate surface area is 109 Å². The van der Waals surface area contributed by atoms with Crippen molar-refractivity contribution in [3.63, 3.8) is 0 Å². The van der Waals surface area contributed by atoms with Gasteiger partial charge in [0.15, 0.2) is 0 Å². The highest BCUT2D eigenvalue weighted by atomic mass is 32.1. The maximum Gasteiger partial charge on any atom is 0.270 e. The lowest BCUT2D eigenvalue weighted by Gasteiger charge is -2.03. The predicted octanol–water partition coefficient (Wildman–Crippen LogP) is 2.13. The molecule has 0 atom stereocenters. The number of nitrogens with one attached hydrogen (secondary N) is 1. The molecule has 0 aliphatic carbocycles. The van der Waals surface area contributed by atoms with Gasteiger partial charge >= 0.3 is 0 Å². The van der Waals surface area contributed by atoms with Crippen molar-refractivity contribution in [2.24, 2.45) is 0 Å². The van der Waals surface area contributed by atoms with Crippen molar-refractivity contribution >= 4 is 17.2 Å². The summed E-state index contributed by atoms with van der Waals surface area (Å²) in [7, 11) is 0. The van der Waals surface area contributed by atoms with Crippen LogP contribution in [-0.4, -0.2) is 22.5 Å². The number of aromatic nitrogens is 1. The number of thiazole rings is 1. The topological polar surface area (TPSA) is 62.2 Å². The number of carbonyl (C=O) groups is 1. The molecule has 0 bridgehead atoms. The molecular formula is C13H14N2O2S. The Balaban J connectivity index is 1.82. The van der Waals surface area contributed by atoms with E-state index in [-0.39, 0.29) is 11.7 Å². The summed E-state index contributed by atoms with van der Waals surface area (Å²) in [5.74, 6) is 0.110. The van der Waals surface area contributed by atoms with Gasteiger partial charge in [-0.25, -0.2) is 4.98 Å². The fourth-order valence-corrected chi connectivity index (χ4v) is 2.13. The Morgan fingerprint density at radius 3 is 2.72 bits per heavy atom. The number of nitrogens with zero attached hydrogens (tertiary/aromatic N) is 1. The molecule has 94 valence electrons. The molecule has 4 nitrogen and oxygen atoms in total. The minimum Gasteiger partial charge on any atom is -0.508 e. The number of aryl methyl sites for hydroxylation is 1. The lowest BCUT2D eigenvalue weighted by molar-refractivity contribution is 0.0949. The van der Waals surface area contributed by atoms with Crippen molar-refractivity contribution in [1.82, 2.24) is 10.3 Å². The van der Waals surface area contributed by atoms with Gasteiger partial charge < -0.3 is 10.4 Å². The fourth-order valence-electron chi connectivity index (χ4n) is 1.54. The molecule has 1 amide bonds. The van der Waals surface area contributed by atoms with E-state index in [9.17, 15) is 4.79 Å². The lowest BCUT2D eigenvalue weighted by Crippen LogP contribution is -2.25. The zero-order chi connectivity index (χ0) is 13.0. The number of phenols is 1. The Hall–Kier alpha value is -1.88. The molecule has 0 aliphatic heterocycles. The van der Waals surface area contributed by atoms with Crippen LogP contribution in [0.3, 0.4) is 0 Å². The third kappa shape index (κ3) is 3.30. The number of hydrogen-bond donors (Lipinski definition) is 2. The number of rotatable bonds is 4. The van der Waals surface area contributed by atoms with Gasteiger partial charge in [-0.15, -0.1) is 11.3 Å². The molecule has 2 N–H and O–H groups in total. The summed E-state index contributed by atoms with van der Waals surface area (Å²) in [4.78, 5) is 15.8. The first-order chi connectivity index (χ1) is 8.65. The van der Waals surface area contributed by atoms with Gasteiger partial charge in [-0.1, -0.05) is 12.1 Å². The summed E-state index contributed by atoms with van der Waals surface area (Å²) < 4.78 is 0. The van der Waals surface area contributed by atoms with Gasteiger partial charge in [0, 0.05) is 11.9 Å². The molecular weight excluding hydrogens is 248 g/mol. The largest absolute Gasteiger partial charge is 0.508 e. The van der Waals surface area contributed by atoms with Crippen molar-refractivity contribution in [3.8, 4) is 5.75 Å². The zero-order valence-corrected chi connectivity index (χ0v) is 10.8. The molecule has 0 fully saturated rings.